The lowest BCUT2D eigenvalue weighted by atomic mass is 10.1. The number of nitro benzene ring substituents is 1. The third-order valence-electron chi connectivity index (χ3n) is 1.97. The van der Waals surface area contributed by atoms with Crippen molar-refractivity contribution < 1.29 is 9.31 Å². The minimum atomic E-state index is -0.497. The molecule has 2 N–H and O–H groups in total. The Hall–Kier alpha value is -1.14. The molecule has 0 aliphatic heterocycles. The first-order valence-corrected chi connectivity index (χ1v) is 6.24. The summed E-state index contributed by atoms with van der Waals surface area (Å²) in [6, 6.07) is 3.49. The molecule has 0 heterocycles. The van der Waals surface area contributed by atoms with Gasteiger partial charge in [-0.2, -0.15) is 11.8 Å². The van der Waals surface area contributed by atoms with E-state index in [9.17, 15) is 14.5 Å². The van der Waals surface area contributed by atoms with Crippen LogP contribution >= 0.6 is 11.8 Å². The van der Waals surface area contributed by atoms with E-state index in [1.165, 1.54) is 23.9 Å². The molecular weight excluding hydrogens is 243 g/mol. The molecule has 0 bridgehead atoms. The highest BCUT2D eigenvalue weighted by Crippen LogP contribution is 2.25. The van der Waals surface area contributed by atoms with Crippen molar-refractivity contribution in [3.63, 3.8) is 0 Å². The van der Waals surface area contributed by atoms with E-state index in [2.05, 4.69) is 0 Å². The number of halogens is 1. The SMILES string of the molecule is CC(C)(N)CSCc1cc(F)ccc1[N+](=O)[O-]. The Morgan fingerprint density at radius 2 is 2.18 bits per heavy atom. The number of nitrogens with two attached hydrogens (primary N) is 1. The molecule has 0 unspecified atom stereocenters. The van der Waals surface area contributed by atoms with Crippen LogP contribution in [0.15, 0.2) is 18.2 Å². The van der Waals surface area contributed by atoms with Gasteiger partial charge in [-0.05, 0) is 26.0 Å². The molecule has 0 fully saturated rings. The molecule has 4 nitrogen and oxygen atoms in total. The lowest BCUT2D eigenvalue weighted by Gasteiger charge is -2.17. The van der Waals surface area contributed by atoms with Crippen molar-refractivity contribution in [2.75, 3.05) is 5.75 Å². The van der Waals surface area contributed by atoms with Crippen LogP contribution in [0.4, 0.5) is 10.1 Å². The Morgan fingerprint density at radius 1 is 1.53 bits per heavy atom. The van der Waals surface area contributed by atoms with Crippen LogP contribution in [0.3, 0.4) is 0 Å². The molecule has 0 saturated carbocycles. The van der Waals surface area contributed by atoms with Crippen LogP contribution in [-0.4, -0.2) is 16.2 Å². The number of benzene rings is 1. The molecular formula is C11H15FN2O2S. The van der Waals surface area contributed by atoms with E-state index in [0.717, 1.165) is 6.07 Å². The summed E-state index contributed by atoms with van der Waals surface area (Å²) in [7, 11) is 0. The van der Waals surface area contributed by atoms with Gasteiger partial charge in [0.1, 0.15) is 5.82 Å². The quantitative estimate of drug-likeness (QED) is 0.651. The van der Waals surface area contributed by atoms with Crippen molar-refractivity contribution in [3.8, 4) is 0 Å². The molecule has 94 valence electrons. The molecule has 0 spiro atoms. The van der Waals surface area contributed by atoms with E-state index in [0.29, 0.717) is 17.1 Å². The summed E-state index contributed by atoms with van der Waals surface area (Å²) >= 11 is 1.46. The normalized spacial score (nSPS) is 11.5. The van der Waals surface area contributed by atoms with Crippen molar-refractivity contribution in [1.29, 1.82) is 0 Å². The second kappa shape index (κ2) is 5.46. The number of hydrogen-bond acceptors (Lipinski definition) is 4. The third-order valence-corrected chi connectivity index (χ3v) is 3.43. The standard InChI is InChI=1S/C11H15FN2O2S/c1-11(2,13)7-17-6-8-5-9(12)3-4-10(8)14(15)16/h3-5H,6-7,13H2,1-2H3. The van der Waals surface area contributed by atoms with E-state index < -0.39 is 10.7 Å². The van der Waals surface area contributed by atoms with Gasteiger partial charge in [0.15, 0.2) is 0 Å². The Labute approximate surface area is 104 Å². The van der Waals surface area contributed by atoms with Crippen molar-refractivity contribution in [2.24, 2.45) is 5.73 Å². The lowest BCUT2D eigenvalue weighted by molar-refractivity contribution is -0.385. The summed E-state index contributed by atoms with van der Waals surface area (Å²) in [6.07, 6.45) is 0. The van der Waals surface area contributed by atoms with Crippen LogP contribution in [0, 0.1) is 15.9 Å². The molecule has 0 aliphatic carbocycles. The van der Waals surface area contributed by atoms with Crippen molar-refractivity contribution in [1.82, 2.24) is 0 Å². The zero-order valence-electron chi connectivity index (χ0n) is 9.77. The second-order valence-electron chi connectivity index (χ2n) is 4.51. The van der Waals surface area contributed by atoms with Crippen molar-refractivity contribution in [3.05, 3.63) is 39.7 Å². The predicted molar refractivity (Wildman–Crippen MR) is 67.5 cm³/mol. The highest BCUT2D eigenvalue weighted by molar-refractivity contribution is 7.98. The molecule has 0 aliphatic rings. The maximum absolute atomic E-state index is 13.0. The predicted octanol–water partition coefficient (Wildman–Crippen LogP) is 2.70. The van der Waals surface area contributed by atoms with Gasteiger partial charge in [-0.3, -0.25) is 10.1 Å². The Morgan fingerprint density at radius 3 is 2.71 bits per heavy atom. The van der Waals surface area contributed by atoms with E-state index in [4.69, 9.17) is 5.73 Å². The fourth-order valence-corrected chi connectivity index (χ4v) is 2.35. The zero-order valence-corrected chi connectivity index (χ0v) is 10.6. The molecule has 0 atom stereocenters. The minimum Gasteiger partial charge on any atom is -0.325 e. The van der Waals surface area contributed by atoms with Crippen LogP contribution in [-0.2, 0) is 5.75 Å². The number of nitro groups is 1. The number of rotatable bonds is 5. The Bertz CT molecular complexity index is 418. The smallest absolute Gasteiger partial charge is 0.273 e. The van der Waals surface area contributed by atoms with Gasteiger partial charge in [0.05, 0.1) is 4.92 Å². The maximum atomic E-state index is 13.0. The van der Waals surface area contributed by atoms with Crippen LogP contribution < -0.4 is 5.73 Å². The summed E-state index contributed by atoms with van der Waals surface area (Å²) in [5.41, 5.74) is 5.80. The molecule has 1 aromatic rings. The summed E-state index contributed by atoms with van der Waals surface area (Å²) in [4.78, 5) is 10.2. The summed E-state index contributed by atoms with van der Waals surface area (Å²) in [6.45, 7) is 3.75. The number of nitrogens with zero attached hydrogens (tertiary/aromatic N) is 1. The molecule has 6 heteroatoms. The van der Waals surface area contributed by atoms with Crippen molar-refractivity contribution in [2.45, 2.75) is 25.1 Å². The van der Waals surface area contributed by atoms with Crippen LogP contribution in [0.25, 0.3) is 0 Å². The summed E-state index contributed by atoms with van der Waals surface area (Å²) in [5, 5.41) is 10.7. The summed E-state index contributed by atoms with van der Waals surface area (Å²) < 4.78 is 13.0. The molecule has 0 saturated heterocycles. The van der Waals surface area contributed by atoms with Crippen LogP contribution in [0.2, 0.25) is 0 Å². The topological polar surface area (TPSA) is 69.2 Å². The highest BCUT2D eigenvalue weighted by Gasteiger charge is 2.16. The average Bonchev–Trinajstić information content (AvgIpc) is 2.15. The van der Waals surface area contributed by atoms with Gasteiger partial charge in [-0.1, -0.05) is 0 Å². The molecule has 0 amide bonds. The zero-order chi connectivity index (χ0) is 13.1. The van der Waals surface area contributed by atoms with Gasteiger partial charge in [0.25, 0.3) is 5.69 Å². The highest BCUT2D eigenvalue weighted by atomic mass is 32.2. The van der Waals surface area contributed by atoms with Crippen molar-refractivity contribution >= 4 is 17.4 Å². The molecule has 0 radical (unpaired) electrons. The van der Waals surface area contributed by atoms with E-state index >= 15 is 0 Å². The maximum Gasteiger partial charge on any atom is 0.273 e. The molecule has 1 rings (SSSR count). The second-order valence-corrected chi connectivity index (χ2v) is 5.50. The third kappa shape index (κ3) is 4.70. The van der Waals surface area contributed by atoms with E-state index in [1.54, 1.807) is 0 Å². The molecule has 17 heavy (non-hydrogen) atoms. The first-order chi connectivity index (χ1) is 7.79. The number of thioether (sulfide) groups is 1. The van der Waals surface area contributed by atoms with Gasteiger partial charge in [0.2, 0.25) is 0 Å². The first kappa shape index (κ1) is 13.9. The van der Waals surface area contributed by atoms with Gasteiger partial charge < -0.3 is 5.73 Å². The Kier molecular flexibility index (Phi) is 4.47. The van der Waals surface area contributed by atoms with Gasteiger partial charge in [-0.15, -0.1) is 0 Å². The van der Waals surface area contributed by atoms with E-state index in [1.807, 2.05) is 13.8 Å². The van der Waals surface area contributed by atoms with Gasteiger partial charge in [-0.25, -0.2) is 4.39 Å². The summed E-state index contributed by atoms with van der Waals surface area (Å²) in [5.74, 6) is 0.577. The fourth-order valence-electron chi connectivity index (χ4n) is 1.27. The fraction of sp³-hybridized carbons (Fsp3) is 0.455. The average molecular weight is 258 g/mol. The van der Waals surface area contributed by atoms with Gasteiger partial charge >= 0.3 is 0 Å². The Balaban J connectivity index is 2.75. The minimum absolute atomic E-state index is 0.0475. The van der Waals surface area contributed by atoms with Gasteiger partial charge in [0, 0.05) is 28.7 Å². The first-order valence-electron chi connectivity index (χ1n) is 5.09. The van der Waals surface area contributed by atoms with E-state index in [-0.39, 0.29) is 11.2 Å². The lowest BCUT2D eigenvalue weighted by Crippen LogP contribution is -2.34. The largest absolute Gasteiger partial charge is 0.325 e. The van der Waals surface area contributed by atoms with Crippen LogP contribution in [0.1, 0.15) is 19.4 Å². The molecule has 0 aromatic heterocycles. The van der Waals surface area contributed by atoms with Crippen LogP contribution in [0.5, 0.6) is 0 Å². The monoisotopic (exact) mass is 258 g/mol. The number of hydrogen-bond donors (Lipinski definition) is 1. The molecule has 1 aromatic carbocycles.